The Morgan fingerprint density at radius 2 is 1.90 bits per heavy atom. The molecule has 118 valence electrons. The Bertz CT molecular complexity index is 445. The van der Waals surface area contributed by atoms with Crippen molar-refractivity contribution >= 4 is 6.03 Å². The summed E-state index contributed by atoms with van der Waals surface area (Å²) >= 11 is 0. The third-order valence-electron chi connectivity index (χ3n) is 3.82. The molecule has 0 radical (unpaired) electrons. The monoisotopic (exact) mass is 291 g/mol. The van der Waals surface area contributed by atoms with Crippen LogP contribution < -0.4 is 10.6 Å². The lowest BCUT2D eigenvalue weighted by Gasteiger charge is -2.25. The minimum atomic E-state index is -0.106. The highest BCUT2D eigenvalue weighted by atomic mass is 16.2. The highest BCUT2D eigenvalue weighted by Gasteiger charge is 2.11. The van der Waals surface area contributed by atoms with Crippen molar-refractivity contribution in [1.82, 2.24) is 15.5 Å². The van der Waals surface area contributed by atoms with Gasteiger partial charge in [0.05, 0.1) is 6.04 Å². The summed E-state index contributed by atoms with van der Waals surface area (Å²) in [6.45, 7) is 13.1. The van der Waals surface area contributed by atoms with Gasteiger partial charge >= 0.3 is 6.03 Å². The SMILES string of the molecule is CCN(CCNC(=O)NC(C)c1ccccc1C)C(C)C. The van der Waals surface area contributed by atoms with Crippen LogP contribution in [0.15, 0.2) is 24.3 Å². The van der Waals surface area contributed by atoms with E-state index in [9.17, 15) is 4.79 Å². The molecule has 1 aromatic carbocycles. The first-order valence-corrected chi connectivity index (χ1v) is 7.79. The van der Waals surface area contributed by atoms with E-state index in [4.69, 9.17) is 0 Å². The molecule has 0 aromatic heterocycles. The zero-order valence-corrected chi connectivity index (χ0v) is 13.9. The number of hydrogen-bond acceptors (Lipinski definition) is 2. The highest BCUT2D eigenvalue weighted by molar-refractivity contribution is 5.74. The molecule has 0 saturated carbocycles. The molecule has 4 heteroatoms. The van der Waals surface area contributed by atoms with E-state index in [1.165, 1.54) is 5.56 Å². The Balaban J connectivity index is 2.39. The third kappa shape index (κ3) is 5.76. The van der Waals surface area contributed by atoms with Crippen molar-refractivity contribution in [2.24, 2.45) is 0 Å². The van der Waals surface area contributed by atoms with Crippen LogP contribution in [0.1, 0.15) is 44.9 Å². The van der Waals surface area contributed by atoms with Gasteiger partial charge < -0.3 is 10.6 Å². The summed E-state index contributed by atoms with van der Waals surface area (Å²) in [5.74, 6) is 0. The van der Waals surface area contributed by atoms with E-state index in [1.54, 1.807) is 0 Å². The standard InChI is InChI=1S/C17H29N3O/c1-6-20(13(2)3)12-11-18-17(21)19-15(5)16-10-8-7-9-14(16)4/h7-10,13,15H,6,11-12H2,1-5H3,(H2,18,19,21). The summed E-state index contributed by atoms with van der Waals surface area (Å²) in [5.41, 5.74) is 2.35. The average molecular weight is 291 g/mol. The van der Waals surface area contributed by atoms with Gasteiger partial charge in [-0.05, 0) is 45.4 Å². The summed E-state index contributed by atoms with van der Waals surface area (Å²) in [5, 5.41) is 5.92. The number of benzene rings is 1. The minimum Gasteiger partial charge on any atom is -0.337 e. The second-order valence-corrected chi connectivity index (χ2v) is 5.70. The first kappa shape index (κ1) is 17.5. The van der Waals surface area contributed by atoms with Gasteiger partial charge in [0.2, 0.25) is 0 Å². The molecule has 0 aliphatic rings. The van der Waals surface area contributed by atoms with E-state index >= 15 is 0 Å². The number of nitrogens with zero attached hydrogens (tertiary/aromatic N) is 1. The molecule has 0 saturated heterocycles. The molecule has 1 atom stereocenters. The number of aryl methyl sites for hydroxylation is 1. The molecule has 2 amide bonds. The van der Waals surface area contributed by atoms with Crippen molar-refractivity contribution in [2.75, 3.05) is 19.6 Å². The normalized spacial score (nSPS) is 12.5. The van der Waals surface area contributed by atoms with Gasteiger partial charge in [0, 0.05) is 19.1 Å². The number of carbonyl (C=O) groups excluding carboxylic acids is 1. The maximum absolute atomic E-state index is 11.9. The predicted molar refractivity (Wildman–Crippen MR) is 88.5 cm³/mol. The van der Waals surface area contributed by atoms with Gasteiger partial charge in [-0.1, -0.05) is 31.2 Å². The lowest BCUT2D eigenvalue weighted by atomic mass is 10.0. The lowest BCUT2D eigenvalue weighted by molar-refractivity contribution is 0.221. The Hall–Kier alpha value is -1.55. The zero-order valence-electron chi connectivity index (χ0n) is 13.9. The van der Waals surface area contributed by atoms with Crippen LogP contribution in [-0.4, -0.2) is 36.6 Å². The van der Waals surface area contributed by atoms with Crippen LogP contribution in [0.25, 0.3) is 0 Å². The van der Waals surface area contributed by atoms with Crippen LogP contribution in [0.4, 0.5) is 4.79 Å². The second kappa shape index (κ2) is 8.67. The van der Waals surface area contributed by atoms with E-state index < -0.39 is 0 Å². The van der Waals surface area contributed by atoms with Gasteiger partial charge in [0.25, 0.3) is 0 Å². The molecule has 0 heterocycles. The number of carbonyl (C=O) groups is 1. The fraction of sp³-hybridized carbons (Fsp3) is 0.588. The summed E-state index contributed by atoms with van der Waals surface area (Å²) in [6, 6.07) is 8.54. The number of amides is 2. The van der Waals surface area contributed by atoms with Gasteiger partial charge in [0.15, 0.2) is 0 Å². The molecule has 21 heavy (non-hydrogen) atoms. The van der Waals surface area contributed by atoms with Crippen molar-refractivity contribution in [3.63, 3.8) is 0 Å². The number of urea groups is 1. The van der Waals surface area contributed by atoms with Crippen LogP contribution in [0.2, 0.25) is 0 Å². The first-order chi connectivity index (χ1) is 9.95. The maximum Gasteiger partial charge on any atom is 0.315 e. The van der Waals surface area contributed by atoms with Crippen LogP contribution in [-0.2, 0) is 0 Å². The molecule has 1 rings (SSSR count). The molecule has 2 N–H and O–H groups in total. The quantitative estimate of drug-likeness (QED) is 0.811. The van der Waals surface area contributed by atoms with Crippen molar-refractivity contribution in [3.05, 3.63) is 35.4 Å². The second-order valence-electron chi connectivity index (χ2n) is 5.70. The van der Waals surface area contributed by atoms with Crippen molar-refractivity contribution in [1.29, 1.82) is 0 Å². The third-order valence-corrected chi connectivity index (χ3v) is 3.82. The minimum absolute atomic E-state index is 0.0126. The number of likely N-dealkylation sites (N-methyl/N-ethyl adjacent to an activating group) is 1. The van der Waals surface area contributed by atoms with Crippen molar-refractivity contribution in [3.8, 4) is 0 Å². The van der Waals surface area contributed by atoms with E-state index in [0.717, 1.165) is 18.7 Å². The van der Waals surface area contributed by atoms with Gasteiger partial charge in [0.1, 0.15) is 0 Å². The molecule has 1 unspecified atom stereocenters. The van der Waals surface area contributed by atoms with Crippen LogP contribution in [0, 0.1) is 6.92 Å². The van der Waals surface area contributed by atoms with Gasteiger partial charge in [-0.3, -0.25) is 4.90 Å². The fourth-order valence-corrected chi connectivity index (χ4v) is 2.49. The number of rotatable bonds is 7. The van der Waals surface area contributed by atoms with Crippen LogP contribution in [0.5, 0.6) is 0 Å². The van der Waals surface area contributed by atoms with Gasteiger partial charge in [-0.2, -0.15) is 0 Å². The van der Waals surface area contributed by atoms with E-state index in [1.807, 2.05) is 19.1 Å². The predicted octanol–water partition coefficient (Wildman–Crippen LogP) is 3.09. The topological polar surface area (TPSA) is 44.4 Å². The van der Waals surface area contributed by atoms with E-state index in [0.29, 0.717) is 12.6 Å². The maximum atomic E-state index is 11.9. The molecule has 4 nitrogen and oxygen atoms in total. The Labute approximate surface area is 128 Å². The fourth-order valence-electron chi connectivity index (χ4n) is 2.49. The molecular formula is C17H29N3O. The summed E-state index contributed by atoms with van der Waals surface area (Å²) in [6.07, 6.45) is 0. The molecule has 0 spiro atoms. The van der Waals surface area contributed by atoms with Gasteiger partial charge in [-0.15, -0.1) is 0 Å². The van der Waals surface area contributed by atoms with Crippen LogP contribution in [0.3, 0.4) is 0 Å². The lowest BCUT2D eigenvalue weighted by Crippen LogP contribution is -2.42. The summed E-state index contributed by atoms with van der Waals surface area (Å²) in [7, 11) is 0. The molecule has 0 aliphatic carbocycles. The number of hydrogen-bond donors (Lipinski definition) is 2. The summed E-state index contributed by atoms with van der Waals surface area (Å²) < 4.78 is 0. The van der Waals surface area contributed by atoms with Crippen molar-refractivity contribution in [2.45, 2.75) is 46.7 Å². The van der Waals surface area contributed by atoms with E-state index in [-0.39, 0.29) is 12.1 Å². The molecule has 1 aromatic rings. The molecule has 0 aliphatic heterocycles. The average Bonchev–Trinajstić information content (AvgIpc) is 2.43. The first-order valence-electron chi connectivity index (χ1n) is 7.79. The Morgan fingerprint density at radius 1 is 1.24 bits per heavy atom. The van der Waals surface area contributed by atoms with Crippen molar-refractivity contribution < 1.29 is 4.79 Å². The summed E-state index contributed by atoms with van der Waals surface area (Å²) in [4.78, 5) is 14.3. The molecule has 0 fully saturated rings. The molecular weight excluding hydrogens is 262 g/mol. The largest absolute Gasteiger partial charge is 0.337 e. The van der Waals surface area contributed by atoms with Gasteiger partial charge in [-0.25, -0.2) is 4.79 Å². The molecule has 0 bridgehead atoms. The number of nitrogens with one attached hydrogen (secondary N) is 2. The van der Waals surface area contributed by atoms with E-state index in [2.05, 4.69) is 55.4 Å². The Morgan fingerprint density at radius 3 is 2.48 bits per heavy atom. The zero-order chi connectivity index (χ0) is 15.8. The Kier molecular flexibility index (Phi) is 7.23. The smallest absolute Gasteiger partial charge is 0.315 e. The highest BCUT2D eigenvalue weighted by Crippen LogP contribution is 2.16. The van der Waals surface area contributed by atoms with Crippen LogP contribution >= 0.6 is 0 Å².